The van der Waals surface area contributed by atoms with Crippen LogP contribution in [-0.2, 0) is 22.4 Å². The lowest BCUT2D eigenvalue weighted by Crippen LogP contribution is -2.14. The second kappa shape index (κ2) is 5.98. The molecule has 1 amide bonds. The Kier molecular flexibility index (Phi) is 3.80. The van der Waals surface area contributed by atoms with Crippen LogP contribution < -0.4 is 5.32 Å². The van der Waals surface area contributed by atoms with Crippen molar-refractivity contribution in [1.29, 1.82) is 0 Å². The van der Waals surface area contributed by atoms with Gasteiger partial charge in [0.05, 0.1) is 5.56 Å². The monoisotopic (exact) mass is 343 g/mol. The molecule has 0 radical (unpaired) electrons. The predicted octanol–water partition coefficient (Wildman–Crippen LogP) is 3.21. The van der Waals surface area contributed by atoms with E-state index in [1.807, 2.05) is 0 Å². The average molecular weight is 343 g/mol. The molecular weight excluding hydrogens is 326 g/mol. The largest absolute Gasteiger partial charge is 0.334 e. The van der Waals surface area contributed by atoms with Crippen LogP contribution in [0.5, 0.6) is 0 Å². The second-order valence-electron chi connectivity index (χ2n) is 6.14. The molecule has 2 heterocycles. The summed E-state index contributed by atoms with van der Waals surface area (Å²) in [5, 5.41) is 7.61. The van der Waals surface area contributed by atoms with Gasteiger partial charge in [-0.1, -0.05) is 5.16 Å². The molecule has 24 heavy (non-hydrogen) atoms. The van der Waals surface area contributed by atoms with Crippen LogP contribution >= 0.6 is 11.3 Å². The summed E-state index contributed by atoms with van der Waals surface area (Å²) in [4.78, 5) is 29.3. The third kappa shape index (κ3) is 2.49. The molecule has 0 spiro atoms. The van der Waals surface area contributed by atoms with Crippen molar-refractivity contribution in [2.75, 3.05) is 5.32 Å². The Balaban J connectivity index is 1.71. The van der Waals surface area contributed by atoms with Crippen LogP contribution in [0.4, 0.5) is 5.00 Å². The summed E-state index contributed by atoms with van der Waals surface area (Å²) in [5.74, 6) is 0.840. The third-order valence-electron chi connectivity index (χ3n) is 4.57. The zero-order valence-corrected chi connectivity index (χ0v) is 14.2. The zero-order chi connectivity index (χ0) is 16.7. The number of carbonyl (C=O) groups is 2. The van der Waals surface area contributed by atoms with Gasteiger partial charge in [-0.15, -0.1) is 11.3 Å². The number of anilines is 1. The van der Waals surface area contributed by atoms with E-state index in [4.69, 9.17) is 4.52 Å². The Morgan fingerprint density at radius 2 is 2.08 bits per heavy atom. The fourth-order valence-corrected chi connectivity index (χ4v) is 4.73. The number of amides is 1. The van der Waals surface area contributed by atoms with Gasteiger partial charge in [0, 0.05) is 16.0 Å². The minimum Gasteiger partial charge on any atom is -0.334 e. The molecule has 6 nitrogen and oxygen atoms in total. The van der Waals surface area contributed by atoms with Crippen molar-refractivity contribution in [2.24, 2.45) is 0 Å². The number of hydrogen-bond donors (Lipinski definition) is 1. The van der Waals surface area contributed by atoms with Gasteiger partial charge in [-0.2, -0.15) is 4.98 Å². The highest BCUT2D eigenvalue weighted by atomic mass is 32.1. The Morgan fingerprint density at radius 1 is 1.25 bits per heavy atom. The van der Waals surface area contributed by atoms with E-state index in [9.17, 15) is 9.59 Å². The summed E-state index contributed by atoms with van der Waals surface area (Å²) in [6, 6.07) is 0. The van der Waals surface area contributed by atoms with Gasteiger partial charge >= 0.3 is 0 Å². The van der Waals surface area contributed by atoms with Crippen LogP contribution in [0, 0.1) is 6.92 Å². The highest BCUT2D eigenvalue weighted by Crippen LogP contribution is 2.44. The molecule has 0 saturated heterocycles. The van der Waals surface area contributed by atoms with Gasteiger partial charge in [-0.25, -0.2) is 0 Å². The molecule has 0 aromatic carbocycles. The maximum Gasteiger partial charge on any atom is 0.261 e. The highest BCUT2D eigenvalue weighted by molar-refractivity contribution is 7.17. The fraction of sp³-hybridized carbons (Fsp3) is 0.412. The number of allylic oxidation sites excluding steroid dienone is 1. The molecule has 2 aliphatic rings. The molecule has 124 valence electrons. The minimum atomic E-state index is -0.188. The molecule has 0 bridgehead atoms. The quantitative estimate of drug-likeness (QED) is 0.862. The van der Waals surface area contributed by atoms with E-state index in [1.165, 1.54) is 10.4 Å². The van der Waals surface area contributed by atoms with E-state index in [-0.39, 0.29) is 5.91 Å². The minimum absolute atomic E-state index is 0.188. The highest BCUT2D eigenvalue weighted by Gasteiger charge is 2.29. The average Bonchev–Trinajstić information content (AvgIpc) is 3.29. The summed E-state index contributed by atoms with van der Waals surface area (Å²) in [7, 11) is 0. The van der Waals surface area contributed by atoms with Gasteiger partial charge in [-0.3, -0.25) is 9.59 Å². The van der Waals surface area contributed by atoms with Crippen LogP contribution in [0.2, 0.25) is 0 Å². The molecule has 0 fully saturated rings. The van der Waals surface area contributed by atoms with Crippen molar-refractivity contribution < 1.29 is 14.1 Å². The maximum absolute atomic E-state index is 12.6. The molecule has 2 aliphatic carbocycles. The number of carbonyl (C=O) groups excluding carboxylic acids is 2. The summed E-state index contributed by atoms with van der Waals surface area (Å²) >= 11 is 1.58. The number of fused-ring (bicyclic) bond motifs is 1. The van der Waals surface area contributed by atoms with Gasteiger partial charge in [0.2, 0.25) is 0 Å². The number of nitrogens with zero attached hydrogens (tertiary/aromatic N) is 2. The summed E-state index contributed by atoms with van der Waals surface area (Å²) in [5.41, 5.74) is 3.28. The molecule has 4 rings (SSSR count). The van der Waals surface area contributed by atoms with E-state index < -0.39 is 0 Å². The fourth-order valence-electron chi connectivity index (χ4n) is 3.45. The normalized spacial score (nSPS) is 16.5. The number of aryl methyl sites for hydroxylation is 2. The van der Waals surface area contributed by atoms with E-state index >= 15 is 0 Å². The number of hydrogen-bond acceptors (Lipinski definition) is 6. The Hall–Kier alpha value is -2.28. The number of nitrogens with one attached hydrogen (secondary N) is 1. The van der Waals surface area contributed by atoms with Gasteiger partial charge in [-0.05, 0) is 51.0 Å². The van der Waals surface area contributed by atoms with Crippen LogP contribution in [0.1, 0.15) is 41.9 Å². The predicted molar refractivity (Wildman–Crippen MR) is 89.9 cm³/mol. The molecule has 0 atom stereocenters. The summed E-state index contributed by atoms with van der Waals surface area (Å²) < 4.78 is 5.35. The molecule has 7 heteroatoms. The maximum atomic E-state index is 12.6. The lowest BCUT2D eigenvalue weighted by molar-refractivity contribution is -0.113. The lowest BCUT2D eigenvalue weighted by atomic mass is 10.1. The SMILES string of the molecule is Cc1noc(-c2c(NC(=O)C3=C(C=O)CCC3)sc3c2CCC3)n1. The first-order valence-corrected chi connectivity index (χ1v) is 8.92. The van der Waals surface area contributed by atoms with Crippen molar-refractivity contribution in [1.82, 2.24) is 10.1 Å². The summed E-state index contributed by atoms with van der Waals surface area (Å²) in [6.45, 7) is 1.78. The zero-order valence-electron chi connectivity index (χ0n) is 13.3. The first kappa shape index (κ1) is 15.3. The Morgan fingerprint density at radius 3 is 2.83 bits per heavy atom. The van der Waals surface area contributed by atoms with Gasteiger partial charge in [0.25, 0.3) is 11.8 Å². The summed E-state index contributed by atoms with van der Waals surface area (Å²) in [6.07, 6.45) is 6.07. The molecule has 0 saturated carbocycles. The van der Waals surface area contributed by atoms with Crippen LogP contribution in [-0.4, -0.2) is 22.3 Å². The first-order valence-electron chi connectivity index (χ1n) is 8.11. The number of aromatic nitrogens is 2. The standard InChI is InChI=1S/C17H17N3O3S/c1-9-18-16(23-20-9)14-12-6-3-7-13(12)24-17(14)19-15(22)11-5-2-4-10(11)8-21/h8H,2-7H2,1H3,(H,19,22). The van der Waals surface area contributed by atoms with Crippen LogP contribution in [0.15, 0.2) is 15.7 Å². The molecule has 0 unspecified atom stereocenters. The van der Waals surface area contributed by atoms with Crippen LogP contribution in [0.3, 0.4) is 0 Å². The van der Waals surface area contributed by atoms with Crippen molar-refractivity contribution in [3.8, 4) is 11.5 Å². The topological polar surface area (TPSA) is 85.1 Å². The molecule has 2 aromatic rings. The number of rotatable bonds is 4. The first-order chi connectivity index (χ1) is 11.7. The van der Waals surface area contributed by atoms with Crippen molar-refractivity contribution in [2.45, 2.75) is 45.4 Å². The lowest BCUT2D eigenvalue weighted by Gasteiger charge is -2.07. The smallest absolute Gasteiger partial charge is 0.261 e. The van der Waals surface area contributed by atoms with Crippen LogP contribution in [0.25, 0.3) is 11.5 Å². The van der Waals surface area contributed by atoms with Gasteiger partial charge in [0.15, 0.2) is 5.82 Å². The van der Waals surface area contributed by atoms with Crippen molar-refractivity contribution in [3.63, 3.8) is 0 Å². The molecule has 0 aliphatic heterocycles. The second-order valence-corrected chi connectivity index (χ2v) is 7.24. The number of thiophene rings is 1. The van der Waals surface area contributed by atoms with E-state index in [1.54, 1.807) is 18.3 Å². The Labute approximate surface area is 142 Å². The Bertz CT molecular complexity index is 863. The van der Waals surface area contributed by atoms with E-state index in [0.29, 0.717) is 35.7 Å². The third-order valence-corrected chi connectivity index (χ3v) is 5.77. The molecule has 1 N–H and O–H groups in total. The molecule has 2 aromatic heterocycles. The van der Waals surface area contributed by atoms with Gasteiger partial charge in [0.1, 0.15) is 11.3 Å². The number of aldehydes is 1. The van der Waals surface area contributed by atoms with Crippen molar-refractivity contribution in [3.05, 3.63) is 27.4 Å². The van der Waals surface area contributed by atoms with Crippen molar-refractivity contribution >= 4 is 28.5 Å². The van der Waals surface area contributed by atoms with E-state index in [2.05, 4.69) is 15.5 Å². The van der Waals surface area contributed by atoms with Gasteiger partial charge < -0.3 is 9.84 Å². The van der Waals surface area contributed by atoms with E-state index in [0.717, 1.165) is 42.5 Å². The molecular formula is C17H17N3O3S.